The molecule has 2 aromatic carbocycles. The lowest BCUT2D eigenvalue weighted by atomic mass is 9.98. The van der Waals surface area contributed by atoms with E-state index >= 15 is 0 Å². The van der Waals surface area contributed by atoms with Crippen LogP contribution in [0, 0.1) is 0 Å². The number of nitrogens with one attached hydrogen (secondary N) is 1. The summed E-state index contributed by atoms with van der Waals surface area (Å²) in [6.45, 7) is 0.435. The van der Waals surface area contributed by atoms with Gasteiger partial charge in [0, 0.05) is 35.6 Å². The summed E-state index contributed by atoms with van der Waals surface area (Å²) in [6.07, 6.45) is 0.503. The van der Waals surface area contributed by atoms with Crippen LogP contribution in [0.3, 0.4) is 0 Å². The number of para-hydroxylation sites is 1. The van der Waals surface area contributed by atoms with Crippen LogP contribution in [0.2, 0.25) is 0 Å². The van der Waals surface area contributed by atoms with Gasteiger partial charge in [0.15, 0.2) is 5.70 Å². The first-order valence-corrected chi connectivity index (χ1v) is 9.10. The van der Waals surface area contributed by atoms with Crippen molar-refractivity contribution in [1.82, 2.24) is 9.88 Å². The maximum absolute atomic E-state index is 12.7. The van der Waals surface area contributed by atoms with Gasteiger partial charge in [-0.1, -0.05) is 36.4 Å². The highest BCUT2D eigenvalue weighted by atomic mass is 16.6. The largest absolute Gasteiger partial charge is 0.402 e. The molecule has 0 atom stereocenters. The zero-order chi connectivity index (χ0) is 19.3. The molecule has 138 valence electrons. The van der Waals surface area contributed by atoms with Crippen molar-refractivity contribution in [3.8, 4) is 0 Å². The number of carbonyl (C=O) groups excluding carboxylic acids is 2. The van der Waals surface area contributed by atoms with E-state index < -0.39 is 5.97 Å². The van der Waals surface area contributed by atoms with Crippen LogP contribution in [0.15, 0.2) is 65.3 Å². The molecule has 0 aliphatic carbocycles. The lowest BCUT2D eigenvalue weighted by Gasteiger charge is -2.05. The molecule has 6 nitrogen and oxygen atoms in total. The van der Waals surface area contributed by atoms with Crippen molar-refractivity contribution in [3.05, 3.63) is 77.1 Å². The van der Waals surface area contributed by atoms with Gasteiger partial charge in [0.25, 0.3) is 5.91 Å². The summed E-state index contributed by atoms with van der Waals surface area (Å²) in [4.78, 5) is 29.9. The predicted octanol–water partition coefficient (Wildman–Crippen LogP) is 3.03. The molecule has 5 rings (SSSR count). The van der Waals surface area contributed by atoms with Crippen molar-refractivity contribution >= 4 is 34.3 Å². The van der Waals surface area contributed by atoms with Crippen molar-refractivity contribution in [2.75, 3.05) is 6.54 Å². The fourth-order valence-corrected chi connectivity index (χ4v) is 3.91. The number of aryl methyl sites for hydroxylation is 1. The van der Waals surface area contributed by atoms with E-state index in [1.165, 1.54) is 0 Å². The highest BCUT2D eigenvalue weighted by Gasteiger charge is 2.33. The average molecular weight is 371 g/mol. The Morgan fingerprint density at radius 1 is 1.04 bits per heavy atom. The molecule has 0 radical (unpaired) electrons. The molecule has 0 fully saturated rings. The van der Waals surface area contributed by atoms with Gasteiger partial charge < -0.3 is 14.6 Å². The first kappa shape index (κ1) is 16.5. The maximum atomic E-state index is 12.7. The Morgan fingerprint density at radius 2 is 1.79 bits per heavy atom. The number of rotatable bonds is 1. The van der Waals surface area contributed by atoms with E-state index in [1.807, 2.05) is 66.2 Å². The van der Waals surface area contributed by atoms with Crippen LogP contribution >= 0.6 is 0 Å². The fraction of sp³-hybridized carbons (Fsp3) is 0.136. The standard InChI is InChI=1S/C22H17N3O3/c1-25-16-10-6-5-9-14(16)17-15(11-12-23-20(26)19(17)25)18-22(27)28-21(24-18)13-7-3-2-4-8-13/h2-10H,11-12H2,1H3,(H,23,26). The molecule has 0 saturated heterocycles. The lowest BCUT2D eigenvalue weighted by Crippen LogP contribution is -2.24. The average Bonchev–Trinajstić information content (AvgIpc) is 3.18. The molecule has 0 spiro atoms. The second-order valence-electron chi connectivity index (χ2n) is 6.81. The zero-order valence-corrected chi connectivity index (χ0v) is 15.2. The first-order valence-electron chi connectivity index (χ1n) is 9.10. The molecule has 3 heterocycles. The SMILES string of the molecule is Cn1c2c(c3ccccc31)C(=C1N=C(c3ccccc3)OC1=O)CCNC2=O. The Balaban J connectivity index is 1.79. The van der Waals surface area contributed by atoms with Crippen molar-refractivity contribution in [2.45, 2.75) is 6.42 Å². The smallest absolute Gasteiger partial charge is 0.364 e. The molecular weight excluding hydrogens is 354 g/mol. The molecule has 6 heteroatoms. The molecule has 2 aliphatic heterocycles. The third-order valence-corrected chi connectivity index (χ3v) is 5.19. The van der Waals surface area contributed by atoms with E-state index in [2.05, 4.69) is 10.3 Å². The van der Waals surface area contributed by atoms with Crippen molar-refractivity contribution < 1.29 is 14.3 Å². The lowest BCUT2D eigenvalue weighted by molar-refractivity contribution is -0.129. The van der Waals surface area contributed by atoms with E-state index in [1.54, 1.807) is 0 Å². The molecule has 1 aromatic heterocycles. The molecule has 28 heavy (non-hydrogen) atoms. The molecule has 0 unspecified atom stereocenters. The fourth-order valence-electron chi connectivity index (χ4n) is 3.91. The van der Waals surface area contributed by atoms with Crippen LogP contribution < -0.4 is 5.32 Å². The van der Waals surface area contributed by atoms with Gasteiger partial charge in [-0.15, -0.1) is 0 Å². The van der Waals surface area contributed by atoms with E-state index in [0.717, 1.165) is 27.6 Å². The van der Waals surface area contributed by atoms with Crippen LogP contribution in [0.4, 0.5) is 0 Å². The summed E-state index contributed by atoms with van der Waals surface area (Å²) < 4.78 is 7.32. The minimum absolute atomic E-state index is 0.150. The Labute approximate surface area is 161 Å². The van der Waals surface area contributed by atoms with Gasteiger partial charge in [-0.25, -0.2) is 9.79 Å². The van der Waals surface area contributed by atoms with Gasteiger partial charge in [0.2, 0.25) is 5.90 Å². The summed E-state index contributed by atoms with van der Waals surface area (Å²) >= 11 is 0. The molecule has 2 aliphatic rings. The number of nitrogens with zero attached hydrogens (tertiary/aromatic N) is 2. The van der Waals surface area contributed by atoms with Crippen LogP contribution in [-0.4, -0.2) is 28.9 Å². The summed E-state index contributed by atoms with van der Waals surface area (Å²) in [5.41, 5.74) is 3.98. The van der Waals surface area contributed by atoms with E-state index in [4.69, 9.17) is 4.74 Å². The number of cyclic esters (lactones) is 1. The topological polar surface area (TPSA) is 72.7 Å². The number of fused-ring (bicyclic) bond motifs is 3. The number of aliphatic imine (C=N–C) groups is 1. The number of amides is 1. The van der Waals surface area contributed by atoms with Gasteiger partial charge in [-0.3, -0.25) is 4.79 Å². The minimum atomic E-state index is -0.484. The number of benzene rings is 2. The molecule has 1 amide bonds. The van der Waals surface area contributed by atoms with Crippen molar-refractivity contribution in [2.24, 2.45) is 12.0 Å². The summed E-state index contributed by atoms with van der Waals surface area (Å²) in [5.74, 6) is -0.344. The Hall–Kier alpha value is -3.67. The van der Waals surface area contributed by atoms with Gasteiger partial charge in [-0.05, 0) is 30.2 Å². The quantitative estimate of drug-likeness (QED) is 0.528. The second kappa shape index (κ2) is 6.20. The highest BCUT2D eigenvalue weighted by Crippen LogP contribution is 2.37. The summed E-state index contributed by atoms with van der Waals surface area (Å²) in [7, 11) is 1.86. The van der Waals surface area contributed by atoms with Crippen molar-refractivity contribution in [3.63, 3.8) is 0 Å². The number of aromatic nitrogens is 1. The number of carbonyl (C=O) groups is 2. The number of ether oxygens (including phenoxy) is 1. The predicted molar refractivity (Wildman–Crippen MR) is 106 cm³/mol. The van der Waals surface area contributed by atoms with E-state index in [9.17, 15) is 9.59 Å². The first-order chi connectivity index (χ1) is 13.6. The van der Waals surface area contributed by atoms with Crippen LogP contribution in [0.5, 0.6) is 0 Å². The third-order valence-electron chi connectivity index (χ3n) is 5.19. The number of hydrogen-bond acceptors (Lipinski definition) is 4. The third kappa shape index (κ3) is 2.38. The molecule has 3 aromatic rings. The van der Waals surface area contributed by atoms with Gasteiger partial charge in [0.1, 0.15) is 5.69 Å². The minimum Gasteiger partial charge on any atom is -0.402 e. The summed E-state index contributed by atoms with van der Waals surface area (Å²) in [5, 5.41) is 3.85. The molecule has 0 saturated carbocycles. The van der Waals surface area contributed by atoms with E-state index in [-0.39, 0.29) is 11.6 Å². The Kier molecular flexibility index (Phi) is 3.65. The highest BCUT2D eigenvalue weighted by molar-refractivity contribution is 6.17. The molecule has 0 bridgehead atoms. The van der Waals surface area contributed by atoms with Crippen molar-refractivity contribution in [1.29, 1.82) is 0 Å². The monoisotopic (exact) mass is 371 g/mol. The summed E-state index contributed by atoms with van der Waals surface area (Å²) in [6, 6.07) is 17.1. The number of hydrogen-bond donors (Lipinski definition) is 1. The molecular formula is C22H17N3O3. The van der Waals surface area contributed by atoms with Gasteiger partial charge in [0.05, 0.1) is 0 Å². The van der Waals surface area contributed by atoms with Crippen LogP contribution in [0.1, 0.15) is 28.0 Å². The van der Waals surface area contributed by atoms with Crippen LogP contribution in [-0.2, 0) is 16.6 Å². The Bertz CT molecular complexity index is 1200. The Morgan fingerprint density at radius 3 is 2.61 bits per heavy atom. The number of esters is 1. The maximum Gasteiger partial charge on any atom is 0.364 e. The van der Waals surface area contributed by atoms with Gasteiger partial charge in [-0.2, -0.15) is 0 Å². The van der Waals surface area contributed by atoms with Gasteiger partial charge >= 0.3 is 5.97 Å². The zero-order valence-electron chi connectivity index (χ0n) is 15.2. The van der Waals surface area contributed by atoms with E-state index in [0.29, 0.717) is 24.6 Å². The normalized spacial score (nSPS) is 19.1. The second-order valence-corrected chi connectivity index (χ2v) is 6.81. The molecule has 1 N–H and O–H groups in total. The van der Waals surface area contributed by atoms with Crippen LogP contribution in [0.25, 0.3) is 16.5 Å².